The first-order chi connectivity index (χ1) is 12.8. The fraction of sp³-hybridized carbons (Fsp3) is 0.368. The lowest BCUT2D eigenvalue weighted by Crippen LogP contribution is -2.53. The zero-order valence-electron chi connectivity index (χ0n) is 14.5. The third-order valence-electron chi connectivity index (χ3n) is 5.54. The molecule has 1 saturated carbocycles. The topological polar surface area (TPSA) is 85.4 Å². The minimum Gasteiger partial charge on any atom is -0.386 e. The van der Waals surface area contributed by atoms with Gasteiger partial charge in [0.15, 0.2) is 9.84 Å². The maximum Gasteiger partial charge on any atom is 0.165 e. The quantitative estimate of drug-likeness (QED) is 0.822. The van der Waals surface area contributed by atoms with Gasteiger partial charge < -0.3 is 5.73 Å². The SMILES string of the molecule is NC1=NC(c2cc(-c3cncc(Cl)c3)ccc2F)CS(=O)(=O)C12CCCC2. The molecule has 2 aromatic rings. The molecule has 1 fully saturated rings. The van der Waals surface area contributed by atoms with Crippen LogP contribution in [0.15, 0.2) is 41.7 Å². The number of amidine groups is 1. The minimum atomic E-state index is -3.53. The Hall–Kier alpha value is -1.99. The van der Waals surface area contributed by atoms with Crippen molar-refractivity contribution in [2.75, 3.05) is 5.75 Å². The van der Waals surface area contributed by atoms with Crippen LogP contribution in [0.1, 0.15) is 37.3 Å². The highest BCUT2D eigenvalue weighted by atomic mass is 35.5. The molecule has 1 aliphatic heterocycles. The van der Waals surface area contributed by atoms with Gasteiger partial charge in [-0.25, -0.2) is 12.8 Å². The summed E-state index contributed by atoms with van der Waals surface area (Å²) in [5.41, 5.74) is 7.74. The number of pyridine rings is 1. The van der Waals surface area contributed by atoms with E-state index >= 15 is 0 Å². The van der Waals surface area contributed by atoms with Gasteiger partial charge in [0, 0.05) is 23.5 Å². The van der Waals surface area contributed by atoms with Gasteiger partial charge in [-0.05, 0) is 36.6 Å². The van der Waals surface area contributed by atoms with Gasteiger partial charge in [0.1, 0.15) is 16.4 Å². The predicted molar refractivity (Wildman–Crippen MR) is 104 cm³/mol. The van der Waals surface area contributed by atoms with Crippen LogP contribution < -0.4 is 5.73 Å². The summed E-state index contributed by atoms with van der Waals surface area (Å²) in [4.78, 5) is 8.47. The number of halogens is 2. The Morgan fingerprint density at radius 1 is 1.15 bits per heavy atom. The molecule has 0 saturated heterocycles. The molecular weight excluding hydrogens is 389 g/mol. The molecular formula is C19H19ClFN3O2S. The summed E-state index contributed by atoms with van der Waals surface area (Å²) >= 11 is 5.99. The molecule has 4 rings (SSSR count). The Morgan fingerprint density at radius 2 is 1.89 bits per heavy atom. The summed E-state index contributed by atoms with van der Waals surface area (Å²) < 4.78 is 39.5. The summed E-state index contributed by atoms with van der Waals surface area (Å²) in [7, 11) is -3.53. The van der Waals surface area contributed by atoms with Gasteiger partial charge in [0.05, 0.1) is 16.8 Å². The van der Waals surface area contributed by atoms with E-state index in [1.807, 2.05) is 0 Å². The lowest BCUT2D eigenvalue weighted by atomic mass is 9.99. The van der Waals surface area contributed by atoms with Crippen molar-refractivity contribution in [2.45, 2.75) is 36.5 Å². The molecule has 8 heteroatoms. The number of sulfone groups is 1. The van der Waals surface area contributed by atoms with Crippen LogP contribution in [0, 0.1) is 5.82 Å². The van der Waals surface area contributed by atoms with Crippen LogP contribution in [-0.4, -0.2) is 29.7 Å². The Balaban J connectivity index is 1.78. The fourth-order valence-corrected chi connectivity index (χ4v) is 6.52. The molecule has 0 amide bonds. The number of nitrogens with zero attached hydrogens (tertiary/aromatic N) is 2. The first-order valence-corrected chi connectivity index (χ1v) is 10.8. The van der Waals surface area contributed by atoms with Crippen LogP contribution in [-0.2, 0) is 9.84 Å². The van der Waals surface area contributed by atoms with Crippen molar-refractivity contribution in [3.8, 4) is 11.1 Å². The Bertz CT molecular complexity index is 1030. The molecule has 0 radical (unpaired) electrons. The number of benzene rings is 1. The maximum absolute atomic E-state index is 14.6. The number of nitrogens with two attached hydrogens (primary N) is 1. The van der Waals surface area contributed by atoms with Gasteiger partial charge in [-0.3, -0.25) is 9.98 Å². The molecule has 1 spiro atoms. The molecule has 1 aromatic heterocycles. The van der Waals surface area contributed by atoms with Crippen LogP contribution in [0.3, 0.4) is 0 Å². The Labute approximate surface area is 162 Å². The van der Waals surface area contributed by atoms with Crippen molar-refractivity contribution < 1.29 is 12.8 Å². The standard InChI is InChI=1S/C19H19ClFN3O2S/c20-14-7-13(9-23-10-14)12-3-4-16(21)15(8-12)17-11-27(25,26)19(18(22)24-17)5-1-2-6-19/h3-4,7-10,17H,1-2,5-6,11H2,(H2,22,24). The zero-order valence-corrected chi connectivity index (χ0v) is 16.1. The van der Waals surface area contributed by atoms with Gasteiger partial charge in [-0.15, -0.1) is 0 Å². The Kier molecular flexibility index (Phi) is 4.47. The van der Waals surface area contributed by atoms with Crippen LogP contribution >= 0.6 is 11.6 Å². The molecule has 1 unspecified atom stereocenters. The average Bonchev–Trinajstić information content (AvgIpc) is 3.12. The number of hydrogen-bond acceptors (Lipinski definition) is 5. The summed E-state index contributed by atoms with van der Waals surface area (Å²) in [5, 5.41) is 0.462. The van der Waals surface area contributed by atoms with Gasteiger partial charge in [-0.2, -0.15) is 0 Å². The van der Waals surface area contributed by atoms with Crippen molar-refractivity contribution in [1.82, 2.24) is 4.98 Å². The van der Waals surface area contributed by atoms with Gasteiger partial charge in [-0.1, -0.05) is 30.5 Å². The second-order valence-corrected chi connectivity index (χ2v) is 9.92. The number of aliphatic imine (C=N–C) groups is 1. The van der Waals surface area contributed by atoms with E-state index in [1.54, 1.807) is 24.4 Å². The molecule has 5 nitrogen and oxygen atoms in total. The third kappa shape index (κ3) is 3.02. The second-order valence-electron chi connectivity index (χ2n) is 7.14. The number of aromatic nitrogens is 1. The largest absolute Gasteiger partial charge is 0.386 e. The van der Waals surface area contributed by atoms with Crippen LogP contribution in [0.2, 0.25) is 5.02 Å². The highest BCUT2D eigenvalue weighted by Gasteiger charge is 2.52. The molecule has 2 aliphatic rings. The third-order valence-corrected chi connectivity index (χ3v) is 8.31. The minimum absolute atomic E-state index is 0.116. The van der Waals surface area contributed by atoms with E-state index in [2.05, 4.69) is 9.98 Å². The molecule has 142 valence electrons. The summed E-state index contributed by atoms with van der Waals surface area (Å²) in [6, 6.07) is 5.38. The van der Waals surface area contributed by atoms with E-state index in [4.69, 9.17) is 17.3 Å². The summed E-state index contributed by atoms with van der Waals surface area (Å²) in [6.07, 6.45) is 5.74. The van der Waals surface area contributed by atoms with Crippen LogP contribution in [0.25, 0.3) is 11.1 Å². The van der Waals surface area contributed by atoms with E-state index < -0.39 is 26.4 Å². The number of hydrogen-bond donors (Lipinski definition) is 1. The molecule has 27 heavy (non-hydrogen) atoms. The molecule has 1 aromatic carbocycles. The molecule has 2 heterocycles. The highest BCUT2D eigenvalue weighted by Crippen LogP contribution is 2.43. The van der Waals surface area contributed by atoms with Crippen LogP contribution in [0.4, 0.5) is 4.39 Å². The average molecular weight is 408 g/mol. The van der Waals surface area contributed by atoms with Gasteiger partial charge >= 0.3 is 0 Å². The summed E-state index contributed by atoms with van der Waals surface area (Å²) in [6.45, 7) is 0. The molecule has 1 aliphatic carbocycles. The smallest absolute Gasteiger partial charge is 0.165 e. The van der Waals surface area contributed by atoms with Gasteiger partial charge in [0.25, 0.3) is 0 Å². The fourth-order valence-electron chi connectivity index (χ4n) is 4.07. The predicted octanol–water partition coefficient (Wildman–Crippen LogP) is 3.68. The van der Waals surface area contributed by atoms with Crippen molar-refractivity contribution in [1.29, 1.82) is 0 Å². The van der Waals surface area contributed by atoms with Gasteiger partial charge in [0.2, 0.25) is 0 Å². The zero-order chi connectivity index (χ0) is 19.2. The first kappa shape index (κ1) is 18.4. The van der Waals surface area contributed by atoms with Crippen molar-refractivity contribution in [2.24, 2.45) is 10.7 Å². The van der Waals surface area contributed by atoms with Crippen molar-refractivity contribution >= 4 is 27.3 Å². The monoisotopic (exact) mass is 407 g/mol. The second kappa shape index (κ2) is 6.56. The lowest BCUT2D eigenvalue weighted by molar-refractivity contribution is 0.537. The maximum atomic E-state index is 14.6. The van der Waals surface area contributed by atoms with E-state index in [9.17, 15) is 12.8 Å². The highest BCUT2D eigenvalue weighted by molar-refractivity contribution is 7.93. The van der Waals surface area contributed by atoms with Crippen molar-refractivity contribution in [3.63, 3.8) is 0 Å². The number of rotatable bonds is 2. The lowest BCUT2D eigenvalue weighted by Gasteiger charge is -2.34. The van der Waals surface area contributed by atoms with E-state index in [0.29, 0.717) is 29.0 Å². The molecule has 2 N–H and O–H groups in total. The van der Waals surface area contributed by atoms with Crippen LogP contribution in [0.5, 0.6) is 0 Å². The molecule has 1 atom stereocenters. The normalized spacial score (nSPS) is 23.3. The Morgan fingerprint density at radius 3 is 2.56 bits per heavy atom. The van der Waals surface area contributed by atoms with E-state index in [1.165, 1.54) is 12.3 Å². The van der Waals surface area contributed by atoms with E-state index in [0.717, 1.165) is 12.8 Å². The first-order valence-electron chi connectivity index (χ1n) is 8.79. The van der Waals surface area contributed by atoms with E-state index in [-0.39, 0.29) is 17.2 Å². The van der Waals surface area contributed by atoms with Crippen molar-refractivity contribution in [3.05, 3.63) is 53.1 Å². The summed E-state index contributed by atoms with van der Waals surface area (Å²) in [5.74, 6) is -0.625. The molecule has 0 bridgehead atoms.